The summed E-state index contributed by atoms with van der Waals surface area (Å²) < 4.78 is 33.2. The van der Waals surface area contributed by atoms with Gasteiger partial charge in [-0.2, -0.15) is 5.26 Å². The molecular weight excluding hydrogens is 740 g/mol. The summed E-state index contributed by atoms with van der Waals surface area (Å²) in [6.45, 7) is 5.93. The number of ether oxygens (including phenoxy) is 1. The van der Waals surface area contributed by atoms with E-state index in [-0.39, 0.29) is 26.1 Å². The molecule has 1 aromatic heterocycles. The van der Waals surface area contributed by atoms with E-state index in [0.717, 1.165) is 43.0 Å². The Hall–Kier alpha value is -2.93. The Labute approximate surface area is 248 Å². The van der Waals surface area contributed by atoms with E-state index in [1.54, 1.807) is 24.3 Å². The van der Waals surface area contributed by atoms with Gasteiger partial charge in [0.1, 0.15) is 0 Å². The zero-order valence-electron chi connectivity index (χ0n) is 21.7. The van der Waals surface area contributed by atoms with Crippen molar-refractivity contribution in [3.8, 4) is 28.8 Å². The standard InChI is InChI=1S/C28H26I2N5O3S/c1-17-13-22(21-7-11-24(12-8-21)39(32,36)37)14-18(2)26(17)38-27-25(30-16-29-4)19(3)33-28(35-27)34-23-9-5-20(15-31)6-10-23/h5-14,16H,1-4H3,(H2,32,36,37)(H,33,34,35)/q-1. The molecule has 0 fully saturated rings. The van der Waals surface area contributed by atoms with Crippen LogP contribution in [0.1, 0.15) is 22.4 Å². The van der Waals surface area contributed by atoms with Crippen molar-refractivity contribution in [3.05, 3.63) is 86.6 Å². The van der Waals surface area contributed by atoms with Gasteiger partial charge in [0.2, 0.25) is 10.0 Å². The molecule has 3 N–H and O–H groups in total. The summed E-state index contributed by atoms with van der Waals surface area (Å²) in [5, 5.41) is 17.5. The summed E-state index contributed by atoms with van der Waals surface area (Å²) in [5.41, 5.74) is 5.90. The van der Waals surface area contributed by atoms with Gasteiger partial charge in [-0.1, -0.05) is 0 Å². The molecule has 0 aliphatic heterocycles. The molecule has 0 amide bonds. The van der Waals surface area contributed by atoms with Gasteiger partial charge < -0.3 is 0 Å². The third kappa shape index (κ3) is 7.18. The van der Waals surface area contributed by atoms with Crippen LogP contribution in [0.3, 0.4) is 0 Å². The van der Waals surface area contributed by atoms with E-state index in [1.807, 2.05) is 45.0 Å². The van der Waals surface area contributed by atoms with Crippen LogP contribution in [-0.4, -0.2) is 25.3 Å². The van der Waals surface area contributed by atoms with Gasteiger partial charge in [-0.15, -0.1) is 0 Å². The van der Waals surface area contributed by atoms with E-state index in [0.29, 0.717) is 17.4 Å². The van der Waals surface area contributed by atoms with Gasteiger partial charge in [0.25, 0.3) is 0 Å². The van der Waals surface area contributed by atoms with E-state index in [1.165, 1.54) is 12.1 Å². The molecule has 4 rings (SSSR count). The molecule has 0 unspecified atom stereocenters. The number of rotatable bonds is 8. The Kier molecular flexibility index (Phi) is 9.31. The maximum atomic E-state index is 11.6. The summed E-state index contributed by atoms with van der Waals surface area (Å²) in [6.07, 6.45) is 0. The van der Waals surface area contributed by atoms with E-state index in [9.17, 15) is 8.42 Å². The first-order valence-corrected chi connectivity index (χ1v) is 18.9. The van der Waals surface area contributed by atoms with Crippen molar-refractivity contribution in [2.45, 2.75) is 25.7 Å². The number of nitriles is 1. The zero-order valence-corrected chi connectivity index (χ0v) is 26.8. The van der Waals surface area contributed by atoms with Gasteiger partial charge >= 0.3 is 217 Å². The van der Waals surface area contributed by atoms with Crippen LogP contribution < -0.4 is 36.4 Å². The number of benzene rings is 3. The monoisotopic (exact) mass is 766 g/mol. The molecule has 3 aromatic carbocycles. The molecule has 0 aliphatic rings. The normalized spacial score (nSPS) is 11.7. The van der Waals surface area contributed by atoms with E-state index >= 15 is 0 Å². The number of primary sulfonamides is 1. The van der Waals surface area contributed by atoms with Crippen molar-refractivity contribution < 1.29 is 34.4 Å². The fraction of sp³-hybridized carbons (Fsp3) is 0.143. The first-order valence-electron chi connectivity index (χ1n) is 11.6. The van der Waals surface area contributed by atoms with E-state index in [2.05, 4.69) is 23.3 Å². The summed E-state index contributed by atoms with van der Waals surface area (Å²) in [4.78, 5) is 11.7. The number of nitrogens with one attached hydrogen (secondary N) is 1. The molecule has 0 saturated carbocycles. The van der Waals surface area contributed by atoms with Crippen molar-refractivity contribution in [1.82, 2.24) is 9.97 Å². The van der Waals surface area contributed by atoms with Gasteiger partial charge in [-0.25, -0.2) is 13.6 Å². The molecule has 8 nitrogen and oxygen atoms in total. The van der Waals surface area contributed by atoms with Gasteiger partial charge in [-0.05, 0) is 0 Å². The molecule has 0 atom stereocenters. The number of aromatic nitrogens is 2. The summed E-state index contributed by atoms with van der Waals surface area (Å²) in [6, 6.07) is 19.8. The molecule has 11 heteroatoms. The first kappa shape index (κ1) is 29.1. The number of alkyl halides is 1. The van der Waals surface area contributed by atoms with Gasteiger partial charge in [-0.3, -0.25) is 0 Å². The number of nitrogens with two attached hydrogens (primary N) is 1. The van der Waals surface area contributed by atoms with Crippen LogP contribution >= 0.6 is 20.7 Å². The van der Waals surface area contributed by atoms with Gasteiger partial charge in [0, 0.05) is 0 Å². The Morgan fingerprint density at radius 3 is 2.21 bits per heavy atom. The van der Waals surface area contributed by atoms with Crippen molar-refractivity contribution in [1.29, 1.82) is 5.26 Å². The minimum absolute atomic E-state index is 0.0139. The van der Waals surface area contributed by atoms with Crippen LogP contribution in [0.15, 0.2) is 65.6 Å². The molecule has 1 heterocycles. The number of anilines is 2. The molecule has 0 saturated heterocycles. The average molecular weight is 766 g/mol. The molecule has 0 spiro atoms. The number of hydrogen-bond donors (Lipinski definition) is 2. The number of nitrogens with zero attached hydrogens (tertiary/aromatic N) is 3. The van der Waals surface area contributed by atoms with Gasteiger partial charge in [0.05, 0.1) is 4.90 Å². The van der Waals surface area contributed by atoms with Crippen LogP contribution in [0.25, 0.3) is 11.1 Å². The second-order valence-corrected chi connectivity index (χ2v) is 16.7. The Bertz CT molecular complexity index is 1680. The van der Waals surface area contributed by atoms with Crippen LogP contribution in [0.5, 0.6) is 11.6 Å². The number of hydrogen-bond acceptors (Lipinski definition) is 7. The molecule has 4 aromatic rings. The van der Waals surface area contributed by atoms with Crippen LogP contribution in [0, 0.1) is 35.7 Å². The summed E-state index contributed by atoms with van der Waals surface area (Å²) in [7, 11) is -3.75. The molecule has 202 valence electrons. The quantitative estimate of drug-likeness (QED) is 0.209. The van der Waals surface area contributed by atoms with E-state index in [4.69, 9.17) is 20.1 Å². The topological polar surface area (TPSA) is 131 Å². The first-order chi connectivity index (χ1) is 18.6. The molecule has 39 heavy (non-hydrogen) atoms. The zero-order chi connectivity index (χ0) is 28.2. The number of aryl methyl sites for hydroxylation is 3. The van der Waals surface area contributed by atoms with Crippen molar-refractivity contribution in [3.63, 3.8) is 0 Å². The fourth-order valence-electron chi connectivity index (χ4n) is 3.83. The second kappa shape index (κ2) is 12.5. The molecule has 0 aliphatic carbocycles. The van der Waals surface area contributed by atoms with Crippen LogP contribution in [0.4, 0.5) is 11.6 Å². The minimum atomic E-state index is -3.75. The fourth-order valence-corrected chi connectivity index (χ4v) is 9.05. The van der Waals surface area contributed by atoms with Crippen molar-refractivity contribution in [2.75, 3.05) is 10.2 Å². The predicted molar refractivity (Wildman–Crippen MR) is 159 cm³/mol. The third-order valence-corrected chi connectivity index (χ3v) is 13.9. The van der Waals surface area contributed by atoms with Gasteiger partial charge in [0.15, 0.2) is 0 Å². The van der Waals surface area contributed by atoms with Crippen molar-refractivity contribution in [2.24, 2.45) is 5.14 Å². The SMILES string of the molecule is C[I-]C=Ic1c(C)nc(Nc2ccc(C#N)cc2)nc1Oc1c(C)cc(-c2ccc(S(N)(=O)=O)cc2)cc1C. The van der Waals surface area contributed by atoms with Crippen molar-refractivity contribution >= 4 is 44.4 Å². The molecule has 0 radical (unpaired) electrons. The summed E-state index contributed by atoms with van der Waals surface area (Å²) >= 11 is -0.407. The molecular formula is C28H26I2N5O3S-. The predicted octanol–water partition coefficient (Wildman–Crippen LogP) is 2.74. The van der Waals surface area contributed by atoms with Crippen LogP contribution in [0.2, 0.25) is 0 Å². The van der Waals surface area contributed by atoms with Crippen LogP contribution in [-0.2, 0) is 10.0 Å². The average Bonchev–Trinajstić information content (AvgIpc) is 2.90. The Morgan fingerprint density at radius 2 is 1.64 bits per heavy atom. The Morgan fingerprint density at radius 1 is 1.00 bits per heavy atom. The summed E-state index contributed by atoms with van der Waals surface area (Å²) in [5.74, 6) is 1.68. The third-order valence-electron chi connectivity index (χ3n) is 5.66. The number of sulfonamides is 1. The second-order valence-electron chi connectivity index (χ2n) is 8.59. The number of halogens is 2. The maximum absolute atomic E-state index is 11.6. The Balaban J connectivity index is 1.70. The molecule has 0 bridgehead atoms. The van der Waals surface area contributed by atoms with E-state index < -0.39 is 30.8 Å².